The predicted molar refractivity (Wildman–Crippen MR) is 96.0 cm³/mol. The van der Waals surface area contributed by atoms with Crippen molar-refractivity contribution in [3.8, 4) is 0 Å². The number of hydrogen-bond donors (Lipinski definition) is 0. The number of rotatable bonds is 9. The molecule has 1 aromatic heterocycles. The molecule has 0 atom stereocenters. The van der Waals surface area contributed by atoms with Crippen LogP contribution in [0.2, 0.25) is 23.5 Å². The molecule has 0 fully saturated rings. The van der Waals surface area contributed by atoms with Crippen LogP contribution in [0.15, 0.2) is 24.4 Å². The molecule has 0 aliphatic heterocycles. The molecule has 0 spiro atoms. The summed E-state index contributed by atoms with van der Waals surface area (Å²) in [5.41, 5.74) is 0. The van der Waals surface area contributed by atoms with E-state index in [1.807, 2.05) is 12.3 Å². The molecule has 4 heteroatoms. The van der Waals surface area contributed by atoms with Gasteiger partial charge in [-0.2, -0.15) is 0 Å². The monoisotopic (exact) mass is 373 g/mol. The standard InChI is InChI=1S/C17H31NOSeSi/c1-17(2,3)21(4,5)19-14-10-6-7-11-15-20-16-12-8-9-13-18-16/h8-9,12-13H,6-7,10-11,14-15H2,1-5H3. The van der Waals surface area contributed by atoms with Crippen molar-refractivity contribution in [2.45, 2.75) is 69.9 Å². The number of nitrogens with zero attached hydrogens (tertiary/aromatic N) is 1. The van der Waals surface area contributed by atoms with Gasteiger partial charge >= 0.3 is 138 Å². The molecular formula is C17H31NOSeSi. The van der Waals surface area contributed by atoms with E-state index < -0.39 is 8.32 Å². The molecule has 0 aromatic carbocycles. The van der Waals surface area contributed by atoms with Crippen LogP contribution in [0.5, 0.6) is 0 Å². The zero-order chi connectivity index (χ0) is 15.8. The van der Waals surface area contributed by atoms with E-state index >= 15 is 0 Å². The molecule has 1 heterocycles. The van der Waals surface area contributed by atoms with Gasteiger partial charge in [0, 0.05) is 0 Å². The molecule has 2 nitrogen and oxygen atoms in total. The molecule has 0 aliphatic rings. The maximum atomic E-state index is 6.20. The molecule has 1 aromatic rings. The number of hydrogen-bond acceptors (Lipinski definition) is 2. The molecule has 0 unspecified atom stereocenters. The summed E-state index contributed by atoms with van der Waals surface area (Å²) in [6.07, 6.45) is 7.07. The number of pyridine rings is 1. The van der Waals surface area contributed by atoms with Gasteiger partial charge in [-0.1, -0.05) is 0 Å². The second-order valence-corrected chi connectivity index (χ2v) is 14.2. The van der Waals surface area contributed by atoms with Crippen molar-refractivity contribution in [3.05, 3.63) is 24.4 Å². The summed E-state index contributed by atoms with van der Waals surface area (Å²) in [4.78, 5) is 4.39. The first-order valence-electron chi connectivity index (χ1n) is 8.01. The van der Waals surface area contributed by atoms with E-state index in [2.05, 4.69) is 51.0 Å². The molecule has 0 amide bonds. The Balaban J connectivity index is 2.00. The molecule has 21 heavy (non-hydrogen) atoms. The summed E-state index contributed by atoms with van der Waals surface area (Å²) in [5, 5.41) is 1.64. The summed E-state index contributed by atoms with van der Waals surface area (Å²) in [6.45, 7) is 12.5. The van der Waals surface area contributed by atoms with Gasteiger partial charge in [-0.25, -0.2) is 0 Å². The fourth-order valence-corrected chi connectivity index (χ4v) is 4.62. The van der Waals surface area contributed by atoms with Crippen LogP contribution in [-0.4, -0.2) is 34.9 Å². The molecule has 0 bridgehead atoms. The van der Waals surface area contributed by atoms with Crippen LogP contribution < -0.4 is 4.59 Å². The average Bonchev–Trinajstić information content (AvgIpc) is 2.41. The molecular weight excluding hydrogens is 341 g/mol. The Bertz CT molecular complexity index is 390. The molecule has 0 saturated heterocycles. The van der Waals surface area contributed by atoms with Gasteiger partial charge in [-0.05, 0) is 0 Å². The summed E-state index contributed by atoms with van der Waals surface area (Å²) >= 11 is 0.554. The van der Waals surface area contributed by atoms with Crippen molar-refractivity contribution >= 4 is 27.9 Å². The Hall–Kier alpha value is -0.154. The summed E-state index contributed by atoms with van der Waals surface area (Å²) in [5.74, 6) is 0. The SMILES string of the molecule is CC(C)(C)[Si](C)(C)OCCCCCC[Se]c1ccccn1. The van der Waals surface area contributed by atoms with Crippen LogP contribution in [0.1, 0.15) is 46.5 Å². The van der Waals surface area contributed by atoms with Crippen molar-refractivity contribution in [3.63, 3.8) is 0 Å². The van der Waals surface area contributed by atoms with E-state index in [1.165, 1.54) is 35.6 Å². The zero-order valence-electron chi connectivity index (χ0n) is 14.3. The molecule has 0 aliphatic carbocycles. The number of aromatic nitrogens is 1. The molecule has 1 rings (SSSR count). The van der Waals surface area contributed by atoms with E-state index in [9.17, 15) is 0 Å². The van der Waals surface area contributed by atoms with Crippen molar-refractivity contribution in [1.82, 2.24) is 4.98 Å². The quantitative estimate of drug-likeness (QED) is 0.473. The van der Waals surface area contributed by atoms with Gasteiger partial charge in [0.1, 0.15) is 0 Å². The third kappa shape index (κ3) is 7.60. The second kappa shape index (κ2) is 9.09. The zero-order valence-corrected chi connectivity index (χ0v) is 17.0. The Morgan fingerprint density at radius 3 is 2.43 bits per heavy atom. The first-order chi connectivity index (χ1) is 9.83. The van der Waals surface area contributed by atoms with E-state index in [0.717, 1.165) is 6.61 Å². The maximum absolute atomic E-state index is 6.20. The topological polar surface area (TPSA) is 22.1 Å². The molecule has 0 saturated carbocycles. The first-order valence-corrected chi connectivity index (χ1v) is 13.0. The van der Waals surface area contributed by atoms with Crippen molar-refractivity contribution in [2.75, 3.05) is 6.61 Å². The molecule has 120 valence electrons. The summed E-state index contributed by atoms with van der Waals surface area (Å²) in [6, 6.07) is 6.22. The Labute approximate surface area is 138 Å². The van der Waals surface area contributed by atoms with Gasteiger partial charge in [-0.15, -0.1) is 0 Å². The van der Waals surface area contributed by atoms with Gasteiger partial charge in [0.15, 0.2) is 0 Å². The van der Waals surface area contributed by atoms with Crippen LogP contribution in [0.25, 0.3) is 0 Å². The van der Waals surface area contributed by atoms with Gasteiger partial charge < -0.3 is 0 Å². The normalized spacial score (nSPS) is 12.6. The Morgan fingerprint density at radius 2 is 1.81 bits per heavy atom. The minimum atomic E-state index is -1.53. The van der Waals surface area contributed by atoms with Gasteiger partial charge in [0.2, 0.25) is 0 Å². The molecule has 0 radical (unpaired) electrons. The molecule has 0 N–H and O–H groups in total. The van der Waals surface area contributed by atoms with E-state index in [0.29, 0.717) is 20.0 Å². The fourth-order valence-electron chi connectivity index (χ4n) is 1.71. The van der Waals surface area contributed by atoms with Crippen molar-refractivity contribution < 1.29 is 4.43 Å². The fraction of sp³-hybridized carbons (Fsp3) is 0.706. The first kappa shape index (κ1) is 18.9. The van der Waals surface area contributed by atoms with Crippen molar-refractivity contribution in [1.29, 1.82) is 0 Å². The van der Waals surface area contributed by atoms with Gasteiger partial charge in [0.25, 0.3) is 0 Å². The van der Waals surface area contributed by atoms with E-state index in [1.54, 1.807) is 0 Å². The van der Waals surface area contributed by atoms with Crippen LogP contribution in [0.4, 0.5) is 0 Å². The Kier molecular flexibility index (Phi) is 8.18. The van der Waals surface area contributed by atoms with E-state index in [-0.39, 0.29) is 0 Å². The second-order valence-electron chi connectivity index (χ2n) is 7.04. The third-order valence-electron chi connectivity index (χ3n) is 4.20. The summed E-state index contributed by atoms with van der Waals surface area (Å²) in [7, 11) is -1.53. The van der Waals surface area contributed by atoms with E-state index in [4.69, 9.17) is 4.43 Å². The minimum absolute atomic E-state index is 0.332. The van der Waals surface area contributed by atoms with Crippen molar-refractivity contribution in [2.24, 2.45) is 0 Å². The summed E-state index contributed by atoms with van der Waals surface area (Å²) < 4.78 is 7.49. The number of unbranched alkanes of at least 4 members (excludes halogenated alkanes) is 3. The van der Waals surface area contributed by atoms with Gasteiger partial charge in [-0.3, -0.25) is 0 Å². The Morgan fingerprint density at radius 1 is 1.10 bits per heavy atom. The van der Waals surface area contributed by atoms with Crippen LogP contribution >= 0.6 is 0 Å². The average molecular weight is 372 g/mol. The predicted octanol–water partition coefficient (Wildman–Crippen LogP) is 4.41. The van der Waals surface area contributed by atoms with Gasteiger partial charge in [0.05, 0.1) is 0 Å². The van der Waals surface area contributed by atoms with Crippen LogP contribution in [0.3, 0.4) is 0 Å². The van der Waals surface area contributed by atoms with Crippen LogP contribution in [-0.2, 0) is 4.43 Å². The van der Waals surface area contributed by atoms with Crippen LogP contribution in [0, 0.1) is 0 Å². The third-order valence-corrected chi connectivity index (χ3v) is 10.9.